The third kappa shape index (κ3) is 10.7. The van der Waals surface area contributed by atoms with E-state index < -0.39 is 0 Å². The van der Waals surface area contributed by atoms with Crippen LogP contribution >= 0.6 is 0 Å². The van der Waals surface area contributed by atoms with Crippen LogP contribution in [0.4, 0.5) is 0 Å². The van der Waals surface area contributed by atoms with Gasteiger partial charge in [0, 0.05) is 27.7 Å². The van der Waals surface area contributed by atoms with Crippen molar-refractivity contribution in [3.8, 4) is 0 Å². The normalized spacial score (nSPS) is 12.4. The van der Waals surface area contributed by atoms with Gasteiger partial charge in [-0.3, -0.25) is 0 Å². The van der Waals surface area contributed by atoms with E-state index in [-0.39, 0.29) is 0 Å². The summed E-state index contributed by atoms with van der Waals surface area (Å²) in [4.78, 5) is 4.69. The van der Waals surface area contributed by atoms with Crippen molar-refractivity contribution in [3.63, 3.8) is 0 Å². The van der Waals surface area contributed by atoms with Crippen LogP contribution in [0.3, 0.4) is 0 Å². The highest BCUT2D eigenvalue weighted by atomic mass is 15.6. The third-order valence-electron chi connectivity index (χ3n) is 3.10. The molecule has 0 spiro atoms. The van der Waals surface area contributed by atoms with Crippen molar-refractivity contribution in [2.45, 2.75) is 19.3 Å². The average Bonchev–Trinajstić information content (AvgIpc) is 2.23. The molecule has 0 amide bonds. The lowest BCUT2D eigenvalue weighted by atomic mass is 10.3. The minimum absolute atomic E-state index is 1.15. The van der Waals surface area contributed by atoms with E-state index in [4.69, 9.17) is 0 Å². The van der Waals surface area contributed by atoms with E-state index in [0.717, 1.165) is 6.54 Å². The highest BCUT2D eigenvalue weighted by Gasteiger charge is 2.02. The lowest BCUT2D eigenvalue weighted by molar-refractivity contribution is 0.0538. The molecule has 0 radical (unpaired) electrons. The SMILES string of the molecule is CN(C)CCCN(C)CCCCN(C)N(C)C. The van der Waals surface area contributed by atoms with Gasteiger partial charge < -0.3 is 9.80 Å². The monoisotopic (exact) mass is 244 g/mol. The zero-order valence-electron chi connectivity index (χ0n) is 12.7. The van der Waals surface area contributed by atoms with Crippen molar-refractivity contribution in [1.82, 2.24) is 19.8 Å². The first-order valence-electron chi connectivity index (χ1n) is 6.65. The molecule has 0 aromatic rings. The molecule has 0 heterocycles. The molecule has 0 unspecified atom stereocenters. The molecule has 0 saturated heterocycles. The molecule has 17 heavy (non-hydrogen) atoms. The van der Waals surface area contributed by atoms with Crippen LogP contribution in [0.15, 0.2) is 0 Å². The van der Waals surface area contributed by atoms with E-state index in [1.807, 2.05) is 0 Å². The van der Waals surface area contributed by atoms with Crippen molar-refractivity contribution < 1.29 is 0 Å². The van der Waals surface area contributed by atoms with E-state index in [1.54, 1.807) is 0 Å². The Hall–Kier alpha value is -0.160. The molecule has 4 heteroatoms. The lowest BCUT2D eigenvalue weighted by Gasteiger charge is -2.24. The summed E-state index contributed by atoms with van der Waals surface area (Å²) in [6, 6.07) is 0. The molecule has 104 valence electrons. The topological polar surface area (TPSA) is 13.0 Å². The minimum atomic E-state index is 1.15. The van der Waals surface area contributed by atoms with E-state index in [0.29, 0.717) is 0 Å². The van der Waals surface area contributed by atoms with Crippen molar-refractivity contribution >= 4 is 0 Å². The van der Waals surface area contributed by atoms with Gasteiger partial charge in [-0.1, -0.05) is 0 Å². The van der Waals surface area contributed by atoms with Crippen LogP contribution < -0.4 is 0 Å². The summed E-state index contributed by atoms with van der Waals surface area (Å²) in [5, 5.41) is 4.40. The molecular weight excluding hydrogens is 212 g/mol. The van der Waals surface area contributed by atoms with Crippen molar-refractivity contribution in [3.05, 3.63) is 0 Å². The largest absolute Gasteiger partial charge is 0.309 e. The maximum absolute atomic E-state index is 2.44. The summed E-state index contributed by atoms with van der Waals surface area (Å²) in [5.74, 6) is 0. The molecule has 0 aromatic heterocycles. The number of unbranched alkanes of at least 4 members (excludes halogenated alkanes) is 1. The fraction of sp³-hybridized carbons (Fsp3) is 1.00. The second-order valence-corrected chi connectivity index (χ2v) is 5.40. The Bertz CT molecular complexity index is 171. The van der Waals surface area contributed by atoms with E-state index in [9.17, 15) is 0 Å². The van der Waals surface area contributed by atoms with Gasteiger partial charge in [-0.15, -0.1) is 0 Å². The summed E-state index contributed by atoms with van der Waals surface area (Å²) in [5.41, 5.74) is 0. The number of hydrazine groups is 1. The molecule has 0 N–H and O–H groups in total. The van der Waals surface area contributed by atoms with Gasteiger partial charge in [0.05, 0.1) is 0 Å². The standard InChI is InChI=1S/C13H32N4/c1-14(2)10-9-12-16(5)11-7-8-13-17(6)15(3)4/h7-13H2,1-6H3. The number of rotatable bonds is 10. The van der Waals surface area contributed by atoms with Gasteiger partial charge in [0.15, 0.2) is 0 Å². The predicted octanol–water partition coefficient (Wildman–Crippen LogP) is 1.06. The fourth-order valence-electron chi connectivity index (χ4n) is 1.69. The summed E-state index contributed by atoms with van der Waals surface area (Å²) in [6.45, 7) is 4.77. The Kier molecular flexibility index (Phi) is 9.74. The molecule has 0 fully saturated rings. The van der Waals surface area contributed by atoms with Crippen LogP contribution in [0.1, 0.15) is 19.3 Å². The Morgan fingerprint density at radius 2 is 1.12 bits per heavy atom. The first-order chi connectivity index (χ1) is 7.93. The Balaban J connectivity index is 3.36. The second kappa shape index (κ2) is 9.83. The minimum Gasteiger partial charge on any atom is -0.309 e. The Morgan fingerprint density at radius 1 is 0.588 bits per heavy atom. The molecule has 0 aliphatic carbocycles. The van der Waals surface area contributed by atoms with Gasteiger partial charge in [-0.05, 0) is 60.0 Å². The lowest BCUT2D eigenvalue weighted by Crippen LogP contribution is -2.34. The molecule has 0 saturated carbocycles. The maximum Gasteiger partial charge on any atom is 0.0130 e. The van der Waals surface area contributed by atoms with Crippen molar-refractivity contribution in [2.24, 2.45) is 0 Å². The smallest absolute Gasteiger partial charge is 0.0130 e. The third-order valence-corrected chi connectivity index (χ3v) is 3.10. The van der Waals surface area contributed by atoms with Crippen LogP contribution in [0.2, 0.25) is 0 Å². The maximum atomic E-state index is 2.44. The van der Waals surface area contributed by atoms with Crippen LogP contribution in [0, 0.1) is 0 Å². The number of nitrogens with zero attached hydrogens (tertiary/aromatic N) is 4. The first kappa shape index (κ1) is 16.8. The Morgan fingerprint density at radius 3 is 1.65 bits per heavy atom. The van der Waals surface area contributed by atoms with Crippen molar-refractivity contribution in [2.75, 3.05) is 68.5 Å². The van der Waals surface area contributed by atoms with Gasteiger partial charge in [0.25, 0.3) is 0 Å². The van der Waals surface area contributed by atoms with Gasteiger partial charge in [-0.25, -0.2) is 10.0 Å². The molecule has 0 atom stereocenters. The molecule has 0 aliphatic heterocycles. The quantitative estimate of drug-likeness (QED) is 0.421. The first-order valence-corrected chi connectivity index (χ1v) is 6.65. The van der Waals surface area contributed by atoms with Crippen molar-refractivity contribution in [1.29, 1.82) is 0 Å². The zero-order valence-corrected chi connectivity index (χ0v) is 12.7. The Labute approximate surface area is 108 Å². The summed E-state index contributed by atoms with van der Waals surface area (Å²) >= 11 is 0. The molecule has 0 bridgehead atoms. The van der Waals surface area contributed by atoms with Gasteiger partial charge in [-0.2, -0.15) is 0 Å². The van der Waals surface area contributed by atoms with E-state index in [2.05, 4.69) is 62.1 Å². The fourth-order valence-corrected chi connectivity index (χ4v) is 1.69. The van der Waals surface area contributed by atoms with E-state index in [1.165, 1.54) is 38.9 Å². The van der Waals surface area contributed by atoms with Crippen LogP contribution in [0.5, 0.6) is 0 Å². The molecule has 4 nitrogen and oxygen atoms in total. The van der Waals surface area contributed by atoms with Gasteiger partial charge >= 0.3 is 0 Å². The summed E-state index contributed by atoms with van der Waals surface area (Å²) < 4.78 is 0. The predicted molar refractivity (Wildman–Crippen MR) is 76.2 cm³/mol. The highest BCUT2D eigenvalue weighted by molar-refractivity contribution is 4.55. The summed E-state index contributed by atoms with van der Waals surface area (Å²) in [7, 11) is 12.8. The van der Waals surface area contributed by atoms with Crippen LogP contribution in [0.25, 0.3) is 0 Å². The van der Waals surface area contributed by atoms with Crippen LogP contribution in [-0.4, -0.2) is 88.3 Å². The molecule has 0 rings (SSSR count). The number of hydrogen-bond donors (Lipinski definition) is 0. The van der Waals surface area contributed by atoms with E-state index >= 15 is 0 Å². The van der Waals surface area contributed by atoms with Crippen LogP contribution in [-0.2, 0) is 0 Å². The second-order valence-electron chi connectivity index (χ2n) is 5.40. The molecule has 0 aromatic carbocycles. The van der Waals surface area contributed by atoms with Gasteiger partial charge in [0.1, 0.15) is 0 Å². The van der Waals surface area contributed by atoms with Gasteiger partial charge in [0.2, 0.25) is 0 Å². The molecular formula is C13H32N4. The highest BCUT2D eigenvalue weighted by Crippen LogP contribution is 1.97. The zero-order chi connectivity index (χ0) is 13.3. The number of hydrogen-bond acceptors (Lipinski definition) is 4. The summed E-state index contributed by atoms with van der Waals surface area (Å²) in [6.07, 6.45) is 3.82. The molecule has 0 aliphatic rings. The average molecular weight is 244 g/mol.